The standard InChI is InChI=1S/C11H14O4/c12-7-11(8-13,6-10(14)15)9-4-2-1-3-5-9/h1-5,12-13H,6-8H2,(H,14,15). The van der Waals surface area contributed by atoms with Crippen molar-refractivity contribution in [2.45, 2.75) is 11.8 Å². The zero-order valence-corrected chi connectivity index (χ0v) is 8.26. The Kier molecular flexibility index (Phi) is 3.82. The Morgan fingerprint density at radius 3 is 2.07 bits per heavy atom. The van der Waals surface area contributed by atoms with Crippen LogP contribution < -0.4 is 0 Å². The molecule has 1 aromatic carbocycles. The van der Waals surface area contributed by atoms with Crippen molar-refractivity contribution in [3.63, 3.8) is 0 Å². The Morgan fingerprint density at radius 1 is 1.13 bits per heavy atom. The molecule has 4 heteroatoms. The first-order valence-corrected chi connectivity index (χ1v) is 4.64. The van der Waals surface area contributed by atoms with Crippen molar-refractivity contribution >= 4 is 5.97 Å². The van der Waals surface area contributed by atoms with Gasteiger partial charge in [-0.15, -0.1) is 0 Å². The normalized spacial score (nSPS) is 11.3. The summed E-state index contributed by atoms with van der Waals surface area (Å²) in [5.41, 5.74) is -0.454. The molecule has 4 nitrogen and oxygen atoms in total. The van der Waals surface area contributed by atoms with Crippen molar-refractivity contribution < 1.29 is 20.1 Å². The summed E-state index contributed by atoms with van der Waals surface area (Å²) >= 11 is 0. The van der Waals surface area contributed by atoms with Crippen molar-refractivity contribution in [2.24, 2.45) is 0 Å². The molecule has 0 amide bonds. The summed E-state index contributed by atoms with van der Waals surface area (Å²) in [6.07, 6.45) is -0.288. The SMILES string of the molecule is O=C(O)CC(CO)(CO)c1ccccc1. The molecule has 0 aliphatic carbocycles. The molecule has 1 rings (SSSR count). The summed E-state index contributed by atoms with van der Waals surface area (Å²) in [6, 6.07) is 8.70. The van der Waals surface area contributed by atoms with Gasteiger partial charge in [0, 0.05) is 0 Å². The van der Waals surface area contributed by atoms with Crippen LogP contribution in [0.25, 0.3) is 0 Å². The van der Waals surface area contributed by atoms with Gasteiger partial charge in [0.1, 0.15) is 0 Å². The molecule has 15 heavy (non-hydrogen) atoms. The van der Waals surface area contributed by atoms with Gasteiger partial charge >= 0.3 is 5.97 Å². The molecule has 0 heterocycles. The molecular weight excluding hydrogens is 196 g/mol. The highest BCUT2D eigenvalue weighted by atomic mass is 16.4. The summed E-state index contributed by atoms with van der Waals surface area (Å²) in [5, 5.41) is 27.3. The van der Waals surface area contributed by atoms with Gasteiger partial charge in [0.25, 0.3) is 0 Å². The maximum Gasteiger partial charge on any atom is 0.304 e. The average Bonchev–Trinajstić information content (AvgIpc) is 2.27. The van der Waals surface area contributed by atoms with Gasteiger partial charge in [-0.05, 0) is 5.56 Å². The van der Waals surface area contributed by atoms with Crippen molar-refractivity contribution in [1.29, 1.82) is 0 Å². The van der Waals surface area contributed by atoms with Crippen molar-refractivity contribution in [3.05, 3.63) is 35.9 Å². The van der Waals surface area contributed by atoms with Crippen LogP contribution in [0.1, 0.15) is 12.0 Å². The highest BCUT2D eigenvalue weighted by molar-refractivity contribution is 5.69. The molecule has 0 saturated heterocycles. The van der Waals surface area contributed by atoms with E-state index in [1.807, 2.05) is 0 Å². The smallest absolute Gasteiger partial charge is 0.304 e. The molecule has 0 bridgehead atoms. The van der Waals surface area contributed by atoms with Gasteiger partial charge in [-0.1, -0.05) is 30.3 Å². The van der Waals surface area contributed by atoms with Gasteiger partial charge in [0.05, 0.1) is 25.0 Å². The first-order valence-electron chi connectivity index (χ1n) is 4.64. The van der Waals surface area contributed by atoms with E-state index in [1.54, 1.807) is 30.3 Å². The largest absolute Gasteiger partial charge is 0.481 e. The van der Waals surface area contributed by atoms with Crippen LogP contribution in [0.4, 0.5) is 0 Å². The Morgan fingerprint density at radius 2 is 1.67 bits per heavy atom. The number of hydrogen-bond acceptors (Lipinski definition) is 3. The van der Waals surface area contributed by atoms with Crippen LogP contribution in [0.2, 0.25) is 0 Å². The van der Waals surface area contributed by atoms with E-state index in [0.717, 1.165) is 0 Å². The summed E-state index contributed by atoms with van der Waals surface area (Å²) < 4.78 is 0. The fourth-order valence-corrected chi connectivity index (χ4v) is 1.53. The number of carboxylic acids is 1. The number of hydrogen-bond donors (Lipinski definition) is 3. The Bertz CT molecular complexity index is 317. The number of carboxylic acid groups (broad SMARTS) is 1. The monoisotopic (exact) mass is 210 g/mol. The minimum Gasteiger partial charge on any atom is -0.481 e. The van der Waals surface area contributed by atoms with Gasteiger partial charge in [-0.2, -0.15) is 0 Å². The first kappa shape index (κ1) is 11.7. The maximum absolute atomic E-state index is 10.7. The third-order valence-corrected chi connectivity index (χ3v) is 2.48. The maximum atomic E-state index is 10.7. The molecule has 0 fully saturated rings. The van der Waals surface area contributed by atoms with Gasteiger partial charge < -0.3 is 15.3 Å². The Balaban J connectivity index is 3.05. The minimum absolute atomic E-state index is 0.288. The molecule has 0 unspecified atom stereocenters. The van der Waals surface area contributed by atoms with Crippen molar-refractivity contribution in [3.8, 4) is 0 Å². The second-order valence-electron chi connectivity index (χ2n) is 3.53. The molecule has 0 atom stereocenters. The highest BCUT2D eigenvalue weighted by Gasteiger charge is 2.33. The average molecular weight is 210 g/mol. The molecule has 0 aliphatic heterocycles. The quantitative estimate of drug-likeness (QED) is 0.656. The van der Waals surface area contributed by atoms with Gasteiger partial charge in [-0.3, -0.25) is 4.79 Å². The van der Waals surface area contributed by atoms with Crippen LogP contribution in [0, 0.1) is 0 Å². The third-order valence-electron chi connectivity index (χ3n) is 2.48. The molecule has 0 aliphatic rings. The van der Waals surface area contributed by atoms with Crippen LogP contribution in [-0.4, -0.2) is 34.5 Å². The van der Waals surface area contributed by atoms with E-state index in [-0.39, 0.29) is 19.6 Å². The topological polar surface area (TPSA) is 77.8 Å². The number of carbonyl (C=O) groups is 1. The number of benzene rings is 1. The minimum atomic E-state index is -1.09. The number of aliphatic carboxylic acids is 1. The lowest BCUT2D eigenvalue weighted by Gasteiger charge is -2.28. The predicted molar refractivity (Wildman–Crippen MR) is 54.5 cm³/mol. The third kappa shape index (κ3) is 2.55. The van der Waals surface area contributed by atoms with Gasteiger partial charge in [0.15, 0.2) is 0 Å². The van der Waals surface area contributed by atoms with E-state index < -0.39 is 11.4 Å². The van der Waals surface area contributed by atoms with Crippen LogP contribution in [0.5, 0.6) is 0 Å². The molecule has 0 saturated carbocycles. The second kappa shape index (κ2) is 4.91. The van der Waals surface area contributed by atoms with E-state index >= 15 is 0 Å². The fraction of sp³-hybridized carbons (Fsp3) is 0.364. The first-order chi connectivity index (χ1) is 7.14. The summed E-state index contributed by atoms with van der Waals surface area (Å²) in [5.74, 6) is -1.04. The second-order valence-corrected chi connectivity index (χ2v) is 3.53. The van der Waals surface area contributed by atoms with E-state index in [1.165, 1.54) is 0 Å². The lowest BCUT2D eigenvalue weighted by atomic mass is 9.79. The van der Waals surface area contributed by atoms with Crippen LogP contribution >= 0.6 is 0 Å². The summed E-state index contributed by atoms with van der Waals surface area (Å²) in [6.45, 7) is -0.778. The van der Waals surface area contributed by atoms with Crippen molar-refractivity contribution in [2.75, 3.05) is 13.2 Å². The van der Waals surface area contributed by atoms with Gasteiger partial charge in [-0.25, -0.2) is 0 Å². The van der Waals surface area contributed by atoms with E-state index in [0.29, 0.717) is 5.56 Å². The predicted octanol–water partition coefficient (Wildman–Crippen LogP) is 0.384. The lowest BCUT2D eigenvalue weighted by Crippen LogP contribution is -2.37. The van der Waals surface area contributed by atoms with E-state index in [4.69, 9.17) is 5.11 Å². The molecular formula is C11H14O4. The zero-order valence-electron chi connectivity index (χ0n) is 8.26. The van der Waals surface area contributed by atoms with Crippen LogP contribution in [-0.2, 0) is 10.2 Å². The number of rotatable bonds is 5. The van der Waals surface area contributed by atoms with Crippen LogP contribution in [0.3, 0.4) is 0 Å². The number of aliphatic hydroxyl groups is 2. The summed E-state index contributed by atoms with van der Waals surface area (Å²) in [4.78, 5) is 10.7. The van der Waals surface area contributed by atoms with Crippen LogP contribution in [0.15, 0.2) is 30.3 Å². The van der Waals surface area contributed by atoms with E-state index in [2.05, 4.69) is 0 Å². The number of aliphatic hydroxyl groups excluding tert-OH is 2. The summed E-state index contributed by atoms with van der Waals surface area (Å²) in [7, 11) is 0. The molecule has 0 radical (unpaired) electrons. The zero-order chi connectivity index (χ0) is 11.3. The lowest BCUT2D eigenvalue weighted by molar-refractivity contribution is -0.139. The fourth-order valence-electron chi connectivity index (χ4n) is 1.53. The van der Waals surface area contributed by atoms with E-state index in [9.17, 15) is 15.0 Å². The molecule has 0 spiro atoms. The molecule has 0 aromatic heterocycles. The molecule has 3 N–H and O–H groups in total. The van der Waals surface area contributed by atoms with Crippen molar-refractivity contribution in [1.82, 2.24) is 0 Å². The Labute approximate surface area is 87.8 Å². The van der Waals surface area contributed by atoms with Gasteiger partial charge in [0.2, 0.25) is 0 Å². The Hall–Kier alpha value is -1.39. The highest BCUT2D eigenvalue weighted by Crippen LogP contribution is 2.27. The molecule has 82 valence electrons. The molecule has 1 aromatic rings.